The SMILES string of the molecule is CC(NCCOCCOC(C)(C)C)C1CC1. The molecule has 0 aromatic heterocycles. The molecular weight excluding hydrogens is 202 g/mol. The molecule has 0 bridgehead atoms. The van der Waals surface area contributed by atoms with Crippen LogP contribution in [0.15, 0.2) is 0 Å². The second kappa shape index (κ2) is 6.58. The highest BCUT2D eigenvalue weighted by molar-refractivity contribution is 4.82. The normalized spacial score (nSPS) is 18.8. The third-order valence-corrected chi connectivity index (χ3v) is 2.80. The lowest BCUT2D eigenvalue weighted by Crippen LogP contribution is -2.31. The average molecular weight is 229 g/mol. The van der Waals surface area contributed by atoms with E-state index in [1.165, 1.54) is 12.8 Å². The summed E-state index contributed by atoms with van der Waals surface area (Å²) in [5.74, 6) is 0.921. The van der Waals surface area contributed by atoms with Crippen LogP contribution in [0.5, 0.6) is 0 Å². The second-order valence-electron chi connectivity index (χ2n) is 5.65. The largest absolute Gasteiger partial charge is 0.378 e. The molecule has 1 rings (SSSR count). The molecule has 16 heavy (non-hydrogen) atoms. The fourth-order valence-electron chi connectivity index (χ4n) is 1.63. The smallest absolute Gasteiger partial charge is 0.0707 e. The van der Waals surface area contributed by atoms with Gasteiger partial charge in [-0.25, -0.2) is 0 Å². The molecule has 1 aliphatic carbocycles. The van der Waals surface area contributed by atoms with Crippen LogP contribution in [0.1, 0.15) is 40.5 Å². The molecule has 96 valence electrons. The van der Waals surface area contributed by atoms with Crippen LogP contribution in [0.25, 0.3) is 0 Å². The zero-order chi connectivity index (χ0) is 12.0. The van der Waals surface area contributed by atoms with Crippen molar-refractivity contribution in [2.75, 3.05) is 26.4 Å². The van der Waals surface area contributed by atoms with Crippen LogP contribution in [-0.2, 0) is 9.47 Å². The molecule has 3 heteroatoms. The molecule has 0 spiro atoms. The van der Waals surface area contributed by atoms with Crippen LogP contribution in [-0.4, -0.2) is 38.0 Å². The summed E-state index contributed by atoms with van der Waals surface area (Å²) >= 11 is 0. The molecule has 0 amide bonds. The third-order valence-electron chi connectivity index (χ3n) is 2.80. The maximum Gasteiger partial charge on any atom is 0.0707 e. The summed E-state index contributed by atoms with van der Waals surface area (Å²) in [6.07, 6.45) is 2.79. The van der Waals surface area contributed by atoms with E-state index >= 15 is 0 Å². The molecule has 0 aliphatic heterocycles. The Kier molecular flexibility index (Phi) is 5.73. The van der Waals surface area contributed by atoms with Crippen molar-refractivity contribution >= 4 is 0 Å². The number of hydrogen-bond donors (Lipinski definition) is 1. The molecule has 3 nitrogen and oxygen atoms in total. The highest BCUT2D eigenvalue weighted by atomic mass is 16.5. The lowest BCUT2D eigenvalue weighted by Gasteiger charge is -2.19. The van der Waals surface area contributed by atoms with Gasteiger partial charge in [0.1, 0.15) is 0 Å². The van der Waals surface area contributed by atoms with Crippen molar-refractivity contribution in [2.24, 2.45) is 5.92 Å². The van der Waals surface area contributed by atoms with Crippen LogP contribution >= 0.6 is 0 Å². The molecule has 1 saturated carbocycles. The van der Waals surface area contributed by atoms with E-state index in [0.29, 0.717) is 19.3 Å². The molecular formula is C13H27NO2. The van der Waals surface area contributed by atoms with Gasteiger partial charge in [0.2, 0.25) is 0 Å². The van der Waals surface area contributed by atoms with Crippen LogP contribution < -0.4 is 5.32 Å². The number of nitrogens with one attached hydrogen (secondary N) is 1. The Morgan fingerprint density at radius 3 is 2.44 bits per heavy atom. The van der Waals surface area contributed by atoms with Gasteiger partial charge in [0, 0.05) is 12.6 Å². The standard InChI is InChI=1S/C13H27NO2/c1-11(12-5-6-12)14-7-8-15-9-10-16-13(2,3)4/h11-12,14H,5-10H2,1-4H3. The van der Waals surface area contributed by atoms with Gasteiger partial charge < -0.3 is 14.8 Å². The van der Waals surface area contributed by atoms with E-state index in [9.17, 15) is 0 Å². The Morgan fingerprint density at radius 2 is 1.88 bits per heavy atom. The van der Waals surface area contributed by atoms with Crippen molar-refractivity contribution in [3.8, 4) is 0 Å². The Labute approximate surface area is 99.9 Å². The summed E-state index contributed by atoms with van der Waals surface area (Å²) in [5, 5.41) is 3.49. The van der Waals surface area contributed by atoms with E-state index in [4.69, 9.17) is 9.47 Å². The molecule has 1 atom stereocenters. The number of ether oxygens (including phenoxy) is 2. The maximum absolute atomic E-state index is 5.56. The van der Waals surface area contributed by atoms with Crippen LogP contribution in [0.4, 0.5) is 0 Å². The summed E-state index contributed by atoms with van der Waals surface area (Å²) in [7, 11) is 0. The topological polar surface area (TPSA) is 30.5 Å². The molecule has 0 saturated heterocycles. The predicted molar refractivity (Wildman–Crippen MR) is 66.7 cm³/mol. The maximum atomic E-state index is 5.56. The molecule has 1 unspecified atom stereocenters. The Morgan fingerprint density at radius 1 is 1.19 bits per heavy atom. The van der Waals surface area contributed by atoms with Gasteiger partial charge in [0.25, 0.3) is 0 Å². The van der Waals surface area contributed by atoms with Crippen molar-refractivity contribution < 1.29 is 9.47 Å². The minimum absolute atomic E-state index is 0.0535. The first-order chi connectivity index (χ1) is 7.49. The zero-order valence-electron chi connectivity index (χ0n) is 11.2. The molecule has 0 heterocycles. The quantitative estimate of drug-likeness (QED) is 0.647. The minimum Gasteiger partial charge on any atom is -0.378 e. The van der Waals surface area contributed by atoms with Crippen molar-refractivity contribution in [3.05, 3.63) is 0 Å². The van der Waals surface area contributed by atoms with Crippen LogP contribution in [0.2, 0.25) is 0 Å². The van der Waals surface area contributed by atoms with E-state index in [-0.39, 0.29) is 5.60 Å². The van der Waals surface area contributed by atoms with Crippen molar-refractivity contribution in [1.29, 1.82) is 0 Å². The fraction of sp³-hybridized carbons (Fsp3) is 1.00. The highest BCUT2D eigenvalue weighted by Crippen LogP contribution is 2.32. The van der Waals surface area contributed by atoms with Gasteiger partial charge in [0.05, 0.1) is 25.4 Å². The third kappa shape index (κ3) is 7.20. The van der Waals surface area contributed by atoms with Crippen LogP contribution in [0, 0.1) is 5.92 Å². The van der Waals surface area contributed by atoms with E-state index < -0.39 is 0 Å². The lowest BCUT2D eigenvalue weighted by molar-refractivity contribution is -0.0344. The molecule has 0 aromatic carbocycles. The fourth-order valence-corrected chi connectivity index (χ4v) is 1.63. The summed E-state index contributed by atoms with van der Waals surface area (Å²) in [6.45, 7) is 11.6. The predicted octanol–water partition coefficient (Wildman–Crippen LogP) is 2.21. The second-order valence-corrected chi connectivity index (χ2v) is 5.65. The minimum atomic E-state index is -0.0535. The molecule has 1 aliphatic rings. The summed E-state index contributed by atoms with van der Waals surface area (Å²) in [6, 6.07) is 0.662. The van der Waals surface area contributed by atoms with Crippen molar-refractivity contribution in [2.45, 2.75) is 52.2 Å². The monoisotopic (exact) mass is 229 g/mol. The molecule has 0 aromatic rings. The van der Waals surface area contributed by atoms with Crippen molar-refractivity contribution in [1.82, 2.24) is 5.32 Å². The summed E-state index contributed by atoms with van der Waals surface area (Å²) < 4.78 is 11.1. The van der Waals surface area contributed by atoms with Crippen LogP contribution in [0.3, 0.4) is 0 Å². The van der Waals surface area contributed by atoms with E-state index in [2.05, 4.69) is 33.0 Å². The molecule has 0 radical (unpaired) electrons. The van der Waals surface area contributed by atoms with E-state index in [1.807, 2.05) is 0 Å². The first-order valence-corrected chi connectivity index (χ1v) is 6.44. The van der Waals surface area contributed by atoms with Gasteiger partial charge >= 0.3 is 0 Å². The summed E-state index contributed by atoms with van der Waals surface area (Å²) in [4.78, 5) is 0. The number of hydrogen-bond acceptors (Lipinski definition) is 3. The van der Waals surface area contributed by atoms with Gasteiger partial charge in [0.15, 0.2) is 0 Å². The van der Waals surface area contributed by atoms with E-state index in [1.54, 1.807) is 0 Å². The molecule has 1 N–H and O–H groups in total. The highest BCUT2D eigenvalue weighted by Gasteiger charge is 2.27. The van der Waals surface area contributed by atoms with Gasteiger partial charge in [-0.1, -0.05) is 0 Å². The molecule has 1 fully saturated rings. The van der Waals surface area contributed by atoms with Gasteiger partial charge in [-0.15, -0.1) is 0 Å². The summed E-state index contributed by atoms with van der Waals surface area (Å²) in [5.41, 5.74) is -0.0535. The zero-order valence-corrected chi connectivity index (χ0v) is 11.2. The van der Waals surface area contributed by atoms with Gasteiger partial charge in [-0.3, -0.25) is 0 Å². The van der Waals surface area contributed by atoms with Crippen molar-refractivity contribution in [3.63, 3.8) is 0 Å². The first kappa shape index (κ1) is 13.9. The average Bonchev–Trinajstić information content (AvgIpc) is 2.97. The number of rotatable bonds is 8. The Bertz CT molecular complexity index is 185. The van der Waals surface area contributed by atoms with E-state index in [0.717, 1.165) is 19.1 Å². The lowest BCUT2D eigenvalue weighted by atomic mass is 10.2. The van der Waals surface area contributed by atoms with Gasteiger partial charge in [-0.2, -0.15) is 0 Å². The first-order valence-electron chi connectivity index (χ1n) is 6.44. The Hall–Kier alpha value is -0.120. The van der Waals surface area contributed by atoms with Gasteiger partial charge in [-0.05, 0) is 46.5 Å². The Balaban J connectivity index is 1.81.